The summed E-state index contributed by atoms with van der Waals surface area (Å²) < 4.78 is 76.1. The van der Waals surface area contributed by atoms with Gasteiger partial charge in [0, 0.05) is 54.9 Å². The minimum Gasteiger partial charge on any atom is -0.430 e. The highest BCUT2D eigenvalue weighted by molar-refractivity contribution is 6.99. The lowest BCUT2D eigenvalue weighted by Gasteiger charge is -2.55. The average molecular weight is 942 g/mol. The quantitative estimate of drug-likeness (QED) is 0.135. The van der Waals surface area contributed by atoms with Crippen molar-refractivity contribution in [1.82, 2.24) is 0 Å². The third kappa shape index (κ3) is 7.10. The molecular formula is C67H59BN2O2. The molecule has 4 fully saturated rings. The van der Waals surface area contributed by atoms with Crippen LogP contribution in [-0.2, 0) is 5.41 Å². The topological polar surface area (TPSA) is 28.9 Å². The van der Waals surface area contributed by atoms with Crippen molar-refractivity contribution in [2.75, 3.05) is 9.80 Å². The molecule has 9 aromatic rings. The second-order valence-electron chi connectivity index (χ2n) is 21.4. The first-order valence-corrected chi connectivity index (χ1v) is 25.8. The van der Waals surface area contributed by atoms with Crippen molar-refractivity contribution in [3.05, 3.63) is 211 Å². The lowest BCUT2D eigenvalue weighted by molar-refractivity contribution is -0.0160. The van der Waals surface area contributed by atoms with Crippen molar-refractivity contribution < 1.29 is 18.7 Å². The third-order valence-corrected chi connectivity index (χ3v) is 16.8. The molecule has 8 aromatic carbocycles. The molecule has 4 nitrogen and oxygen atoms in total. The van der Waals surface area contributed by atoms with E-state index in [9.17, 15) is 1.37 Å². The Bertz CT molecular complexity index is 3700. The number of furan rings is 1. The zero-order valence-electron chi connectivity index (χ0n) is 47.7. The summed E-state index contributed by atoms with van der Waals surface area (Å²) in [5.74, 6) is 2.13. The average Bonchev–Trinajstić information content (AvgIpc) is 3.95. The van der Waals surface area contributed by atoms with Crippen LogP contribution in [0.4, 0.5) is 34.1 Å². The first-order chi connectivity index (χ1) is 38.0. The first kappa shape index (κ1) is 36.4. The number of aryl methyl sites for hydroxylation is 2. The monoisotopic (exact) mass is 942 g/mol. The van der Waals surface area contributed by atoms with E-state index in [0.29, 0.717) is 40.6 Å². The summed E-state index contributed by atoms with van der Waals surface area (Å²) in [6, 6.07) is 64.0. The van der Waals surface area contributed by atoms with Gasteiger partial charge in [-0.2, -0.15) is 0 Å². The highest BCUT2D eigenvalue weighted by Crippen LogP contribution is 2.61. The molecule has 4 saturated carbocycles. The molecule has 72 heavy (non-hydrogen) atoms. The van der Waals surface area contributed by atoms with Gasteiger partial charge >= 0.3 is 0 Å². The van der Waals surface area contributed by atoms with Crippen LogP contribution in [0.15, 0.2) is 192 Å². The fourth-order valence-corrected chi connectivity index (χ4v) is 13.9. The van der Waals surface area contributed by atoms with Crippen LogP contribution in [-0.4, -0.2) is 6.71 Å². The number of hydrogen-bond donors (Lipinski definition) is 0. The number of anilines is 6. The van der Waals surface area contributed by atoms with E-state index < -0.39 is 26.3 Å². The van der Waals surface area contributed by atoms with Crippen LogP contribution in [0.2, 0.25) is 0 Å². The zero-order chi connectivity index (χ0) is 54.2. The maximum Gasteiger partial charge on any atom is 0.284 e. The second-order valence-corrected chi connectivity index (χ2v) is 21.4. The van der Waals surface area contributed by atoms with Crippen LogP contribution in [0.1, 0.15) is 90.2 Å². The molecule has 2 aliphatic heterocycles. The number of rotatable bonds is 9. The van der Waals surface area contributed by atoms with Gasteiger partial charge in [0.1, 0.15) is 11.5 Å². The fourth-order valence-electron chi connectivity index (χ4n) is 13.9. The minimum absolute atomic E-state index is 0.0850. The van der Waals surface area contributed by atoms with Crippen molar-refractivity contribution in [2.24, 2.45) is 17.8 Å². The SMILES string of the molecule is [2H]C([2H])([2H])c1cc2c(cc1C)N(c1ccc(C([2H])(C)C([2H])([2H])[2H])cc1-c1ccccc1)c1cc(N(c3ccc(-c4ccccc4)cc3)c3ccc(-c4ccccc4)cc3)cc3c1B2c1cc(C24CC5CC(CC(C5)C2)C4)oc1O3. The van der Waals surface area contributed by atoms with E-state index in [2.05, 4.69) is 125 Å². The van der Waals surface area contributed by atoms with Gasteiger partial charge in [-0.05, 0) is 186 Å². The van der Waals surface area contributed by atoms with E-state index in [1.165, 1.54) is 26.2 Å². The molecule has 0 N–H and O–H groups in total. The lowest BCUT2D eigenvalue weighted by Crippen LogP contribution is -2.59. The van der Waals surface area contributed by atoms with Gasteiger partial charge in [0.2, 0.25) is 0 Å². The van der Waals surface area contributed by atoms with Crippen molar-refractivity contribution in [2.45, 2.75) is 77.4 Å². The highest BCUT2D eigenvalue weighted by Gasteiger charge is 2.55. The van der Waals surface area contributed by atoms with E-state index in [1.807, 2.05) is 73.7 Å². The predicted octanol–water partition coefficient (Wildman–Crippen LogP) is 16.4. The third-order valence-electron chi connectivity index (χ3n) is 16.8. The Labute approximate surface area is 434 Å². The highest BCUT2D eigenvalue weighted by atomic mass is 16.6. The summed E-state index contributed by atoms with van der Waals surface area (Å²) >= 11 is 0. The summed E-state index contributed by atoms with van der Waals surface area (Å²) in [6.45, 7) is -2.19. The molecule has 4 aliphatic carbocycles. The van der Waals surface area contributed by atoms with Gasteiger partial charge in [-0.25, -0.2) is 0 Å². The van der Waals surface area contributed by atoms with Crippen LogP contribution < -0.4 is 30.9 Å². The minimum atomic E-state index is -2.62. The Morgan fingerprint density at radius 1 is 0.583 bits per heavy atom. The molecule has 3 heterocycles. The van der Waals surface area contributed by atoms with Gasteiger partial charge in [0.05, 0.1) is 11.4 Å². The molecule has 1 unspecified atom stereocenters. The fraction of sp³-hybridized carbons (Fsp3) is 0.224. The standard InChI is InChI=1S/C67H59BN2O2/c1-42(2)53-24-29-60(57(35-53)52-18-12-7-13-19-52)70-61-31-44(4)43(3)30-58(61)68-59-38-64(67-39-45-32-46(40-67)34-47(33-45)41-67)72-66(59)71-63-37-56(36-62(70)65(63)68)69(54-25-20-50(21-26-54)48-14-8-5-9-15-48)55-27-22-51(23-28-55)49-16-10-6-11-17-49/h5-31,35-38,42,45-47H,32-34,39-41H2,1-4H3/i1D3,3D3,42D. The van der Waals surface area contributed by atoms with E-state index >= 15 is 0 Å². The van der Waals surface area contributed by atoms with Gasteiger partial charge in [0.15, 0.2) is 0 Å². The molecule has 0 amide bonds. The van der Waals surface area contributed by atoms with Crippen molar-refractivity contribution >= 4 is 57.2 Å². The van der Waals surface area contributed by atoms with Gasteiger partial charge in [0.25, 0.3) is 12.7 Å². The van der Waals surface area contributed by atoms with Crippen LogP contribution >= 0.6 is 0 Å². The molecule has 4 bridgehead atoms. The van der Waals surface area contributed by atoms with E-state index in [1.54, 1.807) is 6.07 Å². The number of hydrogen-bond acceptors (Lipinski definition) is 4. The van der Waals surface area contributed by atoms with Gasteiger partial charge < -0.3 is 19.0 Å². The molecule has 1 aromatic heterocycles. The maximum absolute atomic E-state index is 9.33. The zero-order valence-corrected chi connectivity index (χ0v) is 40.7. The molecule has 1 atom stereocenters. The van der Waals surface area contributed by atoms with Crippen molar-refractivity contribution in [3.8, 4) is 45.1 Å². The van der Waals surface area contributed by atoms with E-state index in [0.717, 1.165) is 109 Å². The predicted molar refractivity (Wildman–Crippen MR) is 299 cm³/mol. The van der Waals surface area contributed by atoms with E-state index in [4.69, 9.17) is 17.4 Å². The lowest BCUT2D eigenvalue weighted by atomic mass is 9.34. The molecule has 15 rings (SSSR count). The number of fused-ring (bicyclic) bond motifs is 4. The van der Waals surface area contributed by atoms with Crippen molar-refractivity contribution in [1.29, 1.82) is 0 Å². The summed E-state index contributed by atoms with van der Waals surface area (Å²) in [7, 11) is 0. The van der Waals surface area contributed by atoms with Crippen LogP contribution in [0.5, 0.6) is 11.7 Å². The molecule has 0 spiro atoms. The van der Waals surface area contributed by atoms with Gasteiger partial charge in [-0.3, -0.25) is 0 Å². The molecule has 5 heteroatoms. The second kappa shape index (κ2) is 16.8. The Hall–Kier alpha value is -7.50. The Kier molecular flexibility index (Phi) is 8.50. The summed E-state index contributed by atoms with van der Waals surface area (Å²) in [5.41, 5.74) is 14.7. The summed E-state index contributed by atoms with van der Waals surface area (Å²) in [4.78, 5) is 4.48. The van der Waals surface area contributed by atoms with Crippen molar-refractivity contribution in [3.63, 3.8) is 0 Å². The summed E-state index contributed by atoms with van der Waals surface area (Å²) in [6.07, 6.45) is 7.18. The molecule has 0 radical (unpaired) electrons. The first-order valence-electron chi connectivity index (χ1n) is 29.3. The van der Waals surface area contributed by atoms with E-state index in [-0.39, 0.29) is 11.0 Å². The Balaban J connectivity index is 1.04. The number of ether oxygens (including phenoxy) is 1. The van der Waals surface area contributed by atoms with Crippen LogP contribution in [0, 0.1) is 31.5 Å². The number of benzene rings is 8. The molecule has 6 aliphatic rings. The van der Waals surface area contributed by atoms with Crippen LogP contribution in [0.25, 0.3) is 33.4 Å². The summed E-state index contributed by atoms with van der Waals surface area (Å²) in [5, 5.41) is 0. The number of nitrogens with zero attached hydrogens (tertiary/aromatic N) is 2. The maximum atomic E-state index is 9.33. The van der Waals surface area contributed by atoms with Gasteiger partial charge in [-0.1, -0.05) is 141 Å². The van der Waals surface area contributed by atoms with Crippen LogP contribution in [0.3, 0.4) is 0 Å². The Morgan fingerprint density at radius 3 is 1.75 bits per heavy atom. The van der Waals surface area contributed by atoms with Gasteiger partial charge in [-0.15, -0.1) is 0 Å². The normalized spacial score (nSPS) is 22.6. The smallest absolute Gasteiger partial charge is 0.284 e. The largest absolute Gasteiger partial charge is 0.430 e. The molecular weight excluding hydrogens is 876 g/mol. The Morgan fingerprint density at radius 2 is 1.17 bits per heavy atom. The molecule has 352 valence electrons. The molecule has 0 saturated heterocycles.